The lowest BCUT2D eigenvalue weighted by atomic mass is 9.92. The van der Waals surface area contributed by atoms with Gasteiger partial charge in [-0.05, 0) is 31.7 Å². The standard InChI is InChI=1S/C9H17NO3/c10-3-1-8(9(11)12)5-7-2-4-13-6-7/h7-8H,1-6,10H2,(H,11,12). The van der Waals surface area contributed by atoms with Crippen molar-refractivity contribution in [3.8, 4) is 0 Å². The zero-order valence-corrected chi connectivity index (χ0v) is 7.74. The van der Waals surface area contributed by atoms with Gasteiger partial charge in [-0.15, -0.1) is 0 Å². The van der Waals surface area contributed by atoms with Gasteiger partial charge in [-0.2, -0.15) is 0 Å². The Morgan fingerprint density at radius 3 is 2.92 bits per heavy atom. The molecule has 1 aliphatic rings. The summed E-state index contributed by atoms with van der Waals surface area (Å²) in [6.07, 6.45) is 2.28. The summed E-state index contributed by atoms with van der Waals surface area (Å²) in [6.45, 7) is 1.94. The second kappa shape index (κ2) is 5.19. The summed E-state index contributed by atoms with van der Waals surface area (Å²) in [5.41, 5.74) is 5.35. The molecule has 0 saturated carbocycles. The van der Waals surface area contributed by atoms with Gasteiger partial charge in [0.25, 0.3) is 0 Å². The molecule has 0 spiro atoms. The lowest BCUT2D eigenvalue weighted by molar-refractivity contribution is -0.142. The molecule has 3 N–H and O–H groups in total. The highest BCUT2D eigenvalue weighted by Crippen LogP contribution is 2.23. The van der Waals surface area contributed by atoms with Crippen LogP contribution in [0.15, 0.2) is 0 Å². The number of nitrogens with two attached hydrogens (primary N) is 1. The second-order valence-electron chi connectivity index (χ2n) is 3.58. The first-order valence-electron chi connectivity index (χ1n) is 4.74. The Labute approximate surface area is 78.1 Å². The molecule has 0 aromatic rings. The first-order chi connectivity index (χ1) is 6.24. The van der Waals surface area contributed by atoms with Crippen molar-refractivity contribution in [2.75, 3.05) is 19.8 Å². The molecule has 2 unspecified atom stereocenters. The zero-order valence-electron chi connectivity index (χ0n) is 7.74. The maximum Gasteiger partial charge on any atom is 0.306 e. The van der Waals surface area contributed by atoms with E-state index in [1.807, 2.05) is 0 Å². The van der Waals surface area contributed by atoms with Crippen LogP contribution in [-0.2, 0) is 9.53 Å². The highest BCUT2D eigenvalue weighted by molar-refractivity contribution is 5.69. The lowest BCUT2D eigenvalue weighted by Crippen LogP contribution is -2.21. The Balaban J connectivity index is 2.32. The highest BCUT2D eigenvalue weighted by Gasteiger charge is 2.24. The number of hydrogen-bond donors (Lipinski definition) is 2. The van der Waals surface area contributed by atoms with Gasteiger partial charge in [-0.3, -0.25) is 4.79 Å². The molecular weight excluding hydrogens is 170 g/mol. The summed E-state index contributed by atoms with van der Waals surface area (Å²) in [4.78, 5) is 10.8. The van der Waals surface area contributed by atoms with Gasteiger partial charge in [0.2, 0.25) is 0 Å². The molecule has 4 heteroatoms. The highest BCUT2D eigenvalue weighted by atomic mass is 16.5. The molecule has 0 aromatic heterocycles. The summed E-state index contributed by atoms with van der Waals surface area (Å²) < 4.78 is 5.19. The molecule has 4 nitrogen and oxygen atoms in total. The largest absolute Gasteiger partial charge is 0.481 e. The van der Waals surface area contributed by atoms with Crippen molar-refractivity contribution in [1.82, 2.24) is 0 Å². The van der Waals surface area contributed by atoms with Crippen LogP contribution in [0, 0.1) is 11.8 Å². The van der Waals surface area contributed by atoms with Crippen molar-refractivity contribution >= 4 is 5.97 Å². The minimum atomic E-state index is -0.725. The predicted molar refractivity (Wildman–Crippen MR) is 48.3 cm³/mol. The van der Waals surface area contributed by atoms with Gasteiger partial charge in [-0.1, -0.05) is 0 Å². The number of aliphatic carboxylic acids is 1. The van der Waals surface area contributed by atoms with E-state index in [1.54, 1.807) is 0 Å². The first kappa shape index (κ1) is 10.5. The molecule has 0 aliphatic carbocycles. The molecule has 0 bridgehead atoms. The van der Waals surface area contributed by atoms with Crippen LogP contribution in [-0.4, -0.2) is 30.8 Å². The average Bonchev–Trinajstić information content (AvgIpc) is 2.56. The number of carbonyl (C=O) groups is 1. The van der Waals surface area contributed by atoms with E-state index in [-0.39, 0.29) is 5.92 Å². The molecule has 0 radical (unpaired) electrons. The van der Waals surface area contributed by atoms with Crippen molar-refractivity contribution in [2.24, 2.45) is 17.6 Å². The van der Waals surface area contributed by atoms with Crippen molar-refractivity contribution in [2.45, 2.75) is 19.3 Å². The van der Waals surface area contributed by atoms with Gasteiger partial charge < -0.3 is 15.6 Å². The summed E-state index contributed by atoms with van der Waals surface area (Å²) in [5, 5.41) is 8.87. The normalized spacial score (nSPS) is 24.5. The molecule has 0 amide bonds. The van der Waals surface area contributed by atoms with Gasteiger partial charge in [0.15, 0.2) is 0 Å². The van der Waals surface area contributed by atoms with E-state index in [0.717, 1.165) is 13.0 Å². The summed E-state index contributed by atoms with van der Waals surface area (Å²) in [7, 11) is 0. The smallest absolute Gasteiger partial charge is 0.306 e. The fourth-order valence-corrected chi connectivity index (χ4v) is 1.71. The molecule has 1 heterocycles. The molecule has 2 atom stereocenters. The van der Waals surface area contributed by atoms with Crippen molar-refractivity contribution in [3.63, 3.8) is 0 Å². The number of carboxylic acids is 1. The summed E-state index contributed by atoms with van der Waals surface area (Å²) in [6, 6.07) is 0. The van der Waals surface area contributed by atoms with Crippen LogP contribution in [0.4, 0.5) is 0 Å². The number of ether oxygens (including phenoxy) is 1. The third-order valence-corrected chi connectivity index (χ3v) is 2.51. The van der Waals surface area contributed by atoms with Crippen LogP contribution in [0.3, 0.4) is 0 Å². The van der Waals surface area contributed by atoms with Crippen molar-refractivity contribution < 1.29 is 14.6 Å². The minimum absolute atomic E-state index is 0.281. The Morgan fingerprint density at radius 2 is 2.46 bits per heavy atom. The van der Waals surface area contributed by atoms with Gasteiger partial charge in [0, 0.05) is 13.2 Å². The zero-order chi connectivity index (χ0) is 9.68. The quantitative estimate of drug-likeness (QED) is 0.656. The SMILES string of the molecule is NCCC(CC1CCOC1)C(=O)O. The Kier molecular flexibility index (Phi) is 4.18. The van der Waals surface area contributed by atoms with E-state index in [4.69, 9.17) is 15.6 Å². The average molecular weight is 187 g/mol. The lowest BCUT2D eigenvalue weighted by Gasteiger charge is -2.14. The van der Waals surface area contributed by atoms with E-state index >= 15 is 0 Å². The monoisotopic (exact) mass is 187 g/mol. The third kappa shape index (κ3) is 3.32. The molecule has 0 aromatic carbocycles. The molecule has 1 saturated heterocycles. The molecule has 1 fully saturated rings. The maximum atomic E-state index is 10.8. The summed E-state index contributed by atoms with van der Waals surface area (Å²) >= 11 is 0. The number of hydrogen-bond acceptors (Lipinski definition) is 3. The van der Waals surface area contributed by atoms with Crippen LogP contribution < -0.4 is 5.73 Å². The van der Waals surface area contributed by atoms with Crippen LogP contribution in [0.5, 0.6) is 0 Å². The molecule has 1 rings (SSSR count). The first-order valence-corrected chi connectivity index (χ1v) is 4.74. The van der Waals surface area contributed by atoms with E-state index in [1.165, 1.54) is 0 Å². The molecule has 76 valence electrons. The van der Waals surface area contributed by atoms with Crippen molar-refractivity contribution in [3.05, 3.63) is 0 Å². The van der Waals surface area contributed by atoms with E-state index in [9.17, 15) is 4.79 Å². The fraction of sp³-hybridized carbons (Fsp3) is 0.889. The van der Waals surface area contributed by atoms with Gasteiger partial charge >= 0.3 is 5.97 Å². The Hall–Kier alpha value is -0.610. The number of rotatable bonds is 5. The fourth-order valence-electron chi connectivity index (χ4n) is 1.71. The number of carboxylic acid groups (broad SMARTS) is 1. The Morgan fingerprint density at radius 1 is 1.69 bits per heavy atom. The summed E-state index contributed by atoms with van der Waals surface area (Å²) in [5.74, 6) is -0.582. The minimum Gasteiger partial charge on any atom is -0.481 e. The van der Waals surface area contributed by atoms with Crippen LogP contribution in [0.2, 0.25) is 0 Å². The topological polar surface area (TPSA) is 72.5 Å². The van der Waals surface area contributed by atoms with Crippen LogP contribution in [0.25, 0.3) is 0 Å². The molecular formula is C9H17NO3. The van der Waals surface area contributed by atoms with Gasteiger partial charge in [-0.25, -0.2) is 0 Å². The Bertz CT molecular complexity index is 166. The van der Waals surface area contributed by atoms with Crippen molar-refractivity contribution in [1.29, 1.82) is 0 Å². The maximum absolute atomic E-state index is 10.8. The van der Waals surface area contributed by atoms with Crippen LogP contribution >= 0.6 is 0 Å². The third-order valence-electron chi connectivity index (χ3n) is 2.51. The molecule has 1 aliphatic heterocycles. The van der Waals surface area contributed by atoms with Crippen LogP contribution in [0.1, 0.15) is 19.3 Å². The van der Waals surface area contributed by atoms with E-state index in [2.05, 4.69) is 0 Å². The predicted octanol–water partition coefficient (Wildman–Crippen LogP) is 0.463. The van der Waals surface area contributed by atoms with E-state index < -0.39 is 5.97 Å². The molecule has 13 heavy (non-hydrogen) atoms. The van der Waals surface area contributed by atoms with Gasteiger partial charge in [0.1, 0.15) is 0 Å². The van der Waals surface area contributed by atoms with E-state index in [0.29, 0.717) is 31.9 Å². The van der Waals surface area contributed by atoms with Gasteiger partial charge in [0.05, 0.1) is 5.92 Å². The second-order valence-corrected chi connectivity index (χ2v) is 3.58.